The van der Waals surface area contributed by atoms with E-state index in [-0.39, 0.29) is 23.1 Å². The largest absolute Gasteiger partial charge is 0.381 e. The SMILES string of the molecule is Cc1ccsc1C(=O)N1C[C@@H](C(=O)N2CCCC2)C2(CCOCC2)C1. The van der Waals surface area contributed by atoms with Crippen molar-refractivity contribution in [1.82, 2.24) is 9.80 Å². The predicted octanol–water partition coefficient (Wildman–Crippen LogP) is 2.55. The fourth-order valence-electron chi connectivity index (χ4n) is 4.64. The number of nitrogens with zero attached hydrogens (tertiary/aromatic N) is 2. The van der Waals surface area contributed by atoms with E-state index in [1.807, 2.05) is 28.2 Å². The molecule has 0 aromatic carbocycles. The minimum Gasteiger partial charge on any atom is -0.381 e. The molecule has 1 atom stereocenters. The van der Waals surface area contributed by atoms with Gasteiger partial charge in [-0.1, -0.05) is 0 Å². The fraction of sp³-hybridized carbons (Fsp3) is 0.684. The van der Waals surface area contributed by atoms with Gasteiger partial charge in [-0.3, -0.25) is 9.59 Å². The summed E-state index contributed by atoms with van der Waals surface area (Å²) in [5, 5.41) is 1.97. The fourth-order valence-corrected chi connectivity index (χ4v) is 5.53. The highest BCUT2D eigenvalue weighted by Gasteiger charge is 2.53. The smallest absolute Gasteiger partial charge is 0.264 e. The second-order valence-electron chi connectivity index (χ2n) is 7.68. The molecule has 0 bridgehead atoms. The van der Waals surface area contributed by atoms with Crippen LogP contribution < -0.4 is 0 Å². The summed E-state index contributed by atoms with van der Waals surface area (Å²) >= 11 is 1.50. The Morgan fingerprint density at radius 2 is 1.92 bits per heavy atom. The molecule has 6 heteroatoms. The van der Waals surface area contributed by atoms with Crippen LogP contribution in [0.1, 0.15) is 40.9 Å². The Kier molecular flexibility index (Phi) is 4.58. The highest BCUT2D eigenvalue weighted by molar-refractivity contribution is 7.12. The van der Waals surface area contributed by atoms with Gasteiger partial charge in [0, 0.05) is 44.8 Å². The lowest BCUT2D eigenvalue weighted by molar-refractivity contribution is -0.139. The van der Waals surface area contributed by atoms with Gasteiger partial charge >= 0.3 is 0 Å². The van der Waals surface area contributed by atoms with Crippen molar-refractivity contribution in [2.45, 2.75) is 32.6 Å². The summed E-state index contributed by atoms with van der Waals surface area (Å²) in [5.74, 6) is 0.284. The van der Waals surface area contributed by atoms with Crippen molar-refractivity contribution in [3.05, 3.63) is 21.9 Å². The van der Waals surface area contributed by atoms with Crippen molar-refractivity contribution in [3.63, 3.8) is 0 Å². The molecule has 0 radical (unpaired) electrons. The zero-order chi connectivity index (χ0) is 17.4. The molecule has 5 nitrogen and oxygen atoms in total. The Morgan fingerprint density at radius 3 is 2.56 bits per heavy atom. The zero-order valence-corrected chi connectivity index (χ0v) is 15.6. The molecule has 3 aliphatic heterocycles. The third-order valence-electron chi connectivity index (χ3n) is 6.20. The van der Waals surface area contributed by atoms with Crippen molar-refractivity contribution >= 4 is 23.2 Å². The van der Waals surface area contributed by atoms with Crippen molar-refractivity contribution in [2.24, 2.45) is 11.3 Å². The quantitative estimate of drug-likeness (QED) is 0.812. The number of ether oxygens (including phenoxy) is 1. The van der Waals surface area contributed by atoms with Gasteiger partial charge in [0.05, 0.1) is 10.8 Å². The number of hydrogen-bond donors (Lipinski definition) is 0. The van der Waals surface area contributed by atoms with Gasteiger partial charge in [-0.25, -0.2) is 0 Å². The van der Waals surface area contributed by atoms with Crippen molar-refractivity contribution in [2.75, 3.05) is 39.4 Å². The topological polar surface area (TPSA) is 49.9 Å². The van der Waals surface area contributed by atoms with Crippen LogP contribution in [0.2, 0.25) is 0 Å². The molecule has 0 unspecified atom stereocenters. The summed E-state index contributed by atoms with van der Waals surface area (Å²) in [7, 11) is 0. The maximum Gasteiger partial charge on any atom is 0.264 e. The van der Waals surface area contributed by atoms with E-state index in [0.29, 0.717) is 26.3 Å². The highest BCUT2D eigenvalue weighted by atomic mass is 32.1. The van der Waals surface area contributed by atoms with E-state index >= 15 is 0 Å². The lowest BCUT2D eigenvalue weighted by atomic mass is 9.71. The van der Waals surface area contributed by atoms with E-state index in [9.17, 15) is 9.59 Å². The van der Waals surface area contributed by atoms with E-state index in [1.165, 1.54) is 11.3 Å². The van der Waals surface area contributed by atoms with Crippen LogP contribution in [-0.2, 0) is 9.53 Å². The molecule has 0 saturated carbocycles. The summed E-state index contributed by atoms with van der Waals surface area (Å²) in [4.78, 5) is 31.0. The van der Waals surface area contributed by atoms with Crippen LogP contribution in [0.15, 0.2) is 11.4 Å². The molecule has 3 aliphatic rings. The maximum atomic E-state index is 13.2. The highest BCUT2D eigenvalue weighted by Crippen LogP contribution is 2.46. The molecule has 4 rings (SSSR count). The van der Waals surface area contributed by atoms with Crippen LogP contribution in [0.5, 0.6) is 0 Å². The van der Waals surface area contributed by atoms with Crippen LogP contribution in [-0.4, -0.2) is 61.0 Å². The second-order valence-corrected chi connectivity index (χ2v) is 8.59. The van der Waals surface area contributed by atoms with Gasteiger partial charge in [0.15, 0.2) is 0 Å². The summed E-state index contributed by atoms with van der Waals surface area (Å²) in [6.07, 6.45) is 3.96. The van der Waals surface area contributed by atoms with Crippen LogP contribution in [0.3, 0.4) is 0 Å². The molecule has 136 valence electrons. The normalized spacial score (nSPS) is 25.7. The third-order valence-corrected chi connectivity index (χ3v) is 7.20. The number of carbonyl (C=O) groups is 2. The van der Waals surface area contributed by atoms with Crippen LogP contribution in [0.25, 0.3) is 0 Å². The number of likely N-dealkylation sites (tertiary alicyclic amines) is 2. The van der Waals surface area contributed by atoms with E-state index in [2.05, 4.69) is 0 Å². The molecule has 1 aromatic heterocycles. The zero-order valence-electron chi connectivity index (χ0n) is 14.8. The van der Waals surface area contributed by atoms with Gasteiger partial charge in [0.2, 0.25) is 5.91 Å². The Hall–Kier alpha value is -1.40. The molecule has 1 spiro atoms. The van der Waals surface area contributed by atoms with Gasteiger partial charge in [-0.2, -0.15) is 0 Å². The Bertz CT molecular complexity index is 659. The van der Waals surface area contributed by atoms with E-state index in [0.717, 1.165) is 49.2 Å². The molecular formula is C19H26N2O3S. The van der Waals surface area contributed by atoms with Crippen LogP contribution in [0.4, 0.5) is 0 Å². The van der Waals surface area contributed by atoms with Gasteiger partial charge in [-0.05, 0) is 49.6 Å². The standard InChI is InChI=1S/C19H26N2O3S/c1-14-4-11-25-16(14)18(23)21-12-15(17(22)20-7-2-3-8-20)19(13-21)5-9-24-10-6-19/h4,11,15H,2-3,5-10,12-13H2,1H3/t15-/m0/s1. The van der Waals surface area contributed by atoms with Crippen molar-refractivity contribution < 1.29 is 14.3 Å². The number of amides is 2. The molecule has 4 heterocycles. The Morgan fingerprint density at radius 1 is 1.20 bits per heavy atom. The minimum atomic E-state index is -0.0985. The Balaban J connectivity index is 1.59. The number of rotatable bonds is 2. The molecule has 3 fully saturated rings. The molecule has 1 aromatic rings. The van der Waals surface area contributed by atoms with Gasteiger partial charge in [-0.15, -0.1) is 11.3 Å². The summed E-state index contributed by atoms with van der Waals surface area (Å²) < 4.78 is 5.57. The molecular weight excluding hydrogens is 336 g/mol. The summed E-state index contributed by atoms with van der Waals surface area (Å²) in [6, 6.07) is 1.99. The van der Waals surface area contributed by atoms with Gasteiger partial charge in [0.1, 0.15) is 0 Å². The lowest BCUT2D eigenvalue weighted by Gasteiger charge is -2.38. The average molecular weight is 362 g/mol. The first-order valence-electron chi connectivity index (χ1n) is 9.31. The van der Waals surface area contributed by atoms with Gasteiger partial charge < -0.3 is 14.5 Å². The third kappa shape index (κ3) is 2.99. The predicted molar refractivity (Wildman–Crippen MR) is 96.7 cm³/mol. The van der Waals surface area contributed by atoms with E-state index in [1.54, 1.807) is 0 Å². The van der Waals surface area contributed by atoms with E-state index < -0.39 is 0 Å². The van der Waals surface area contributed by atoms with Gasteiger partial charge in [0.25, 0.3) is 5.91 Å². The number of hydrogen-bond acceptors (Lipinski definition) is 4. The molecule has 25 heavy (non-hydrogen) atoms. The first-order chi connectivity index (χ1) is 12.1. The van der Waals surface area contributed by atoms with Crippen LogP contribution >= 0.6 is 11.3 Å². The van der Waals surface area contributed by atoms with Crippen molar-refractivity contribution in [1.29, 1.82) is 0 Å². The number of thiophene rings is 1. The van der Waals surface area contributed by atoms with Crippen molar-refractivity contribution in [3.8, 4) is 0 Å². The first kappa shape index (κ1) is 17.0. The molecule has 2 amide bonds. The molecule has 0 N–H and O–H groups in total. The number of carbonyl (C=O) groups excluding carboxylic acids is 2. The lowest BCUT2D eigenvalue weighted by Crippen LogP contribution is -2.45. The number of aryl methyl sites for hydroxylation is 1. The average Bonchev–Trinajstić information content (AvgIpc) is 3.35. The minimum absolute atomic E-state index is 0.0706. The van der Waals surface area contributed by atoms with Crippen LogP contribution in [0, 0.1) is 18.3 Å². The summed E-state index contributed by atoms with van der Waals surface area (Å²) in [5.41, 5.74) is 0.934. The second kappa shape index (κ2) is 6.72. The maximum absolute atomic E-state index is 13.2. The first-order valence-corrected chi connectivity index (χ1v) is 10.2. The molecule has 0 aliphatic carbocycles. The molecule has 3 saturated heterocycles. The Labute approximate surface area is 152 Å². The summed E-state index contributed by atoms with van der Waals surface area (Å²) in [6.45, 7) is 6.38. The van der Waals surface area contributed by atoms with E-state index in [4.69, 9.17) is 4.74 Å². The monoisotopic (exact) mass is 362 g/mol.